The van der Waals surface area contributed by atoms with E-state index in [2.05, 4.69) is 20.8 Å². The van der Waals surface area contributed by atoms with Gasteiger partial charge in [-0.15, -0.1) is 10.2 Å². The first kappa shape index (κ1) is 16.6. The summed E-state index contributed by atoms with van der Waals surface area (Å²) < 4.78 is 6.03. The Morgan fingerprint density at radius 2 is 2.18 bits per heavy atom. The molecule has 0 saturated heterocycles. The number of nitrogens with one attached hydrogen (secondary N) is 2. The zero-order valence-corrected chi connectivity index (χ0v) is 14.3. The van der Waals surface area contributed by atoms with Crippen LogP contribution < -0.4 is 15.4 Å². The number of ether oxygens (including phenoxy) is 1. The van der Waals surface area contributed by atoms with Crippen molar-refractivity contribution in [3.05, 3.63) is 24.3 Å². The molecule has 1 amide bonds. The topological polar surface area (TPSA) is 76.1 Å². The number of aromatic nitrogens is 2. The number of nitrogens with zero attached hydrogens (tertiary/aromatic N) is 2. The number of amides is 1. The number of anilines is 2. The van der Waals surface area contributed by atoms with Gasteiger partial charge in [-0.1, -0.05) is 35.2 Å². The van der Waals surface area contributed by atoms with Gasteiger partial charge >= 0.3 is 0 Å². The van der Waals surface area contributed by atoms with Crippen LogP contribution in [-0.4, -0.2) is 35.0 Å². The molecule has 0 fully saturated rings. The highest BCUT2D eigenvalue weighted by atomic mass is 32.2. The van der Waals surface area contributed by atoms with E-state index in [-0.39, 0.29) is 11.2 Å². The predicted octanol–water partition coefficient (Wildman–Crippen LogP) is 2.91. The molecule has 118 valence electrons. The lowest BCUT2D eigenvalue weighted by atomic mass is 10.3. The quantitative estimate of drug-likeness (QED) is 0.756. The smallest absolute Gasteiger partial charge is 0.233 e. The van der Waals surface area contributed by atoms with E-state index in [9.17, 15) is 4.79 Å². The summed E-state index contributed by atoms with van der Waals surface area (Å²) >= 11 is 2.80. The van der Waals surface area contributed by atoms with Crippen molar-refractivity contribution in [2.75, 3.05) is 19.0 Å². The Morgan fingerprint density at radius 3 is 2.91 bits per heavy atom. The van der Waals surface area contributed by atoms with E-state index in [1.165, 1.54) is 23.1 Å². The molecule has 22 heavy (non-hydrogen) atoms. The van der Waals surface area contributed by atoms with E-state index < -0.39 is 0 Å². The monoisotopic (exact) mass is 338 g/mol. The average Bonchev–Trinajstić information content (AvgIpc) is 2.95. The molecular formula is C14H18N4O2S2. The molecule has 2 aromatic rings. The highest BCUT2D eigenvalue weighted by molar-refractivity contribution is 8.02. The van der Waals surface area contributed by atoms with E-state index in [1.807, 2.05) is 38.1 Å². The van der Waals surface area contributed by atoms with Gasteiger partial charge in [-0.3, -0.25) is 4.79 Å². The molecule has 2 rings (SSSR count). The zero-order valence-electron chi connectivity index (χ0n) is 12.6. The van der Waals surface area contributed by atoms with Crippen LogP contribution in [0.3, 0.4) is 0 Å². The Hall–Kier alpha value is -1.80. The van der Waals surface area contributed by atoms with Crippen LogP contribution in [0.25, 0.3) is 0 Å². The summed E-state index contributed by atoms with van der Waals surface area (Å²) in [4.78, 5) is 11.7. The van der Waals surface area contributed by atoms with E-state index in [4.69, 9.17) is 4.74 Å². The van der Waals surface area contributed by atoms with Gasteiger partial charge in [0.15, 0.2) is 4.34 Å². The second-order valence-electron chi connectivity index (χ2n) is 4.35. The van der Waals surface area contributed by atoms with E-state index in [0.717, 1.165) is 15.8 Å². The Kier molecular flexibility index (Phi) is 6.02. The zero-order chi connectivity index (χ0) is 15.9. The first-order chi connectivity index (χ1) is 10.6. The Labute approximate surface area is 137 Å². The van der Waals surface area contributed by atoms with Crippen molar-refractivity contribution in [3.63, 3.8) is 0 Å². The number of carbonyl (C=O) groups is 1. The van der Waals surface area contributed by atoms with Crippen molar-refractivity contribution in [1.29, 1.82) is 0 Å². The number of hydrogen-bond acceptors (Lipinski definition) is 7. The third-order valence-electron chi connectivity index (χ3n) is 2.75. The fraction of sp³-hybridized carbons (Fsp3) is 0.357. The molecule has 0 saturated carbocycles. The molecule has 0 radical (unpaired) electrons. The fourth-order valence-electron chi connectivity index (χ4n) is 1.69. The van der Waals surface area contributed by atoms with Crippen LogP contribution in [0.2, 0.25) is 0 Å². The van der Waals surface area contributed by atoms with Crippen LogP contribution in [0.15, 0.2) is 28.6 Å². The Morgan fingerprint density at radius 1 is 1.41 bits per heavy atom. The fourth-order valence-corrected chi connectivity index (χ4v) is 3.63. The molecule has 1 aromatic heterocycles. The summed E-state index contributed by atoms with van der Waals surface area (Å²) in [7, 11) is 1.62. The molecule has 0 aliphatic rings. The molecule has 2 N–H and O–H groups in total. The van der Waals surface area contributed by atoms with Crippen molar-refractivity contribution in [2.45, 2.75) is 23.4 Å². The number of rotatable bonds is 7. The standard InChI is InChI=1S/C14H18N4O2S2/c1-4-15-12(19)9(2)21-14-18-17-13(22-14)16-10-7-5-6-8-11(10)20-3/h5-9H,4H2,1-3H3,(H,15,19)(H,16,17)/t9-/m0/s1. The SMILES string of the molecule is CCNC(=O)[C@H](C)Sc1nnc(Nc2ccccc2OC)s1. The van der Waals surface area contributed by atoms with Gasteiger partial charge in [-0.2, -0.15) is 0 Å². The van der Waals surface area contributed by atoms with Gasteiger partial charge < -0.3 is 15.4 Å². The Bertz CT molecular complexity index is 633. The van der Waals surface area contributed by atoms with Gasteiger partial charge in [0.2, 0.25) is 11.0 Å². The van der Waals surface area contributed by atoms with Gasteiger partial charge in [0.25, 0.3) is 0 Å². The summed E-state index contributed by atoms with van der Waals surface area (Å²) in [5.41, 5.74) is 0.828. The molecular weight excluding hydrogens is 320 g/mol. The minimum Gasteiger partial charge on any atom is -0.495 e. The predicted molar refractivity (Wildman–Crippen MR) is 90.2 cm³/mol. The average molecular weight is 338 g/mol. The maximum atomic E-state index is 11.7. The summed E-state index contributed by atoms with van der Waals surface area (Å²) in [6, 6.07) is 7.60. The summed E-state index contributed by atoms with van der Waals surface area (Å²) in [6.07, 6.45) is 0. The molecule has 0 unspecified atom stereocenters. The summed E-state index contributed by atoms with van der Waals surface area (Å²) in [5, 5.41) is 14.6. The van der Waals surface area contributed by atoms with E-state index in [1.54, 1.807) is 7.11 Å². The van der Waals surface area contributed by atoms with Crippen LogP contribution in [0.4, 0.5) is 10.8 Å². The van der Waals surface area contributed by atoms with Gasteiger partial charge in [-0.25, -0.2) is 0 Å². The van der Waals surface area contributed by atoms with Crippen molar-refractivity contribution < 1.29 is 9.53 Å². The molecule has 0 aliphatic carbocycles. The number of carbonyl (C=O) groups excluding carboxylic acids is 1. The lowest BCUT2D eigenvalue weighted by Gasteiger charge is -2.08. The van der Waals surface area contributed by atoms with Crippen LogP contribution in [0.5, 0.6) is 5.75 Å². The van der Waals surface area contributed by atoms with Gasteiger partial charge in [0.05, 0.1) is 18.0 Å². The molecule has 8 heteroatoms. The van der Waals surface area contributed by atoms with Gasteiger partial charge in [-0.05, 0) is 26.0 Å². The molecule has 6 nitrogen and oxygen atoms in total. The molecule has 0 spiro atoms. The third-order valence-corrected chi connectivity index (χ3v) is 4.78. The number of methoxy groups -OCH3 is 1. The van der Waals surface area contributed by atoms with Crippen molar-refractivity contribution in [2.24, 2.45) is 0 Å². The van der Waals surface area contributed by atoms with Gasteiger partial charge in [0.1, 0.15) is 5.75 Å². The molecule has 1 aromatic carbocycles. The summed E-state index contributed by atoms with van der Waals surface area (Å²) in [6.45, 7) is 4.38. The molecule has 0 aliphatic heterocycles. The van der Waals surface area contributed by atoms with Crippen molar-refractivity contribution >= 4 is 39.8 Å². The largest absolute Gasteiger partial charge is 0.495 e. The minimum absolute atomic E-state index is 0.00179. The normalized spacial score (nSPS) is 11.8. The first-order valence-electron chi connectivity index (χ1n) is 6.82. The van der Waals surface area contributed by atoms with E-state index in [0.29, 0.717) is 11.7 Å². The maximum Gasteiger partial charge on any atom is 0.233 e. The summed E-state index contributed by atoms with van der Waals surface area (Å²) in [5.74, 6) is 0.740. The Balaban J connectivity index is 2.01. The number of para-hydroxylation sites is 2. The van der Waals surface area contributed by atoms with Crippen LogP contribution in [-0.2, 0) is 4.79 Å². The second-order valence-corrected chi connectivity index (χ2v) is 6.92. The van der Waals surface area contributed by atoms with E-state index >= 15 is 0 Å². The van der Waals surface area contributed by atoms with Crippen LogP contribution in [0, 0.1) is 0 Å². The molecule has 1 heterocycles. The first-order valence-corrected chi connectivity index (χ1v) is 8.51. The number of thioether (sulfide) groups is 1. The maximum absolute atomic E-state index is 11.7. The van der Waals surface area contributed by atoms with Gasteiger partial charge in [0, 0.05) is 6.54 Å². The van der Waals surface area contributed by atoms with Crippen molar-refractivity contribution in [1.82, 2.24) is 15.5 Å². The minimum atomic E-state index is -0.202. The highest BCUT2D eigenvalue weighted by Crippen LogP contribution is 2.32. The number of hydrogen-bond donors (Lipinski definition) is 2. The highest BCUT2D eigenvalue weighted by Gasteiger charge is 2.16. The van der Waals surface area contributed by atoms with Crippen molar-refractivity contribution in [3.8, 4) is 5.75 Å². The molecule has 1 atom stereocenters. The van der Waals surface area contributed by atoms with Crippen LogP contribution in [0.1, 0.15) is 13.8 Å². The third kappa shape index (κ3) is 4.35. The lowest BCUT2D eigenvalue weighted by Crippen LogP contribution is -2.30. The number of benzene rings is 1. The van der Waals surface area contributed by atoms with Crippen LogP contribution >= 0.6 is 23.1 Å². The molecule has 0 bridgehead atoms. The lowest BCUT2D eigenvalue weighted by molar-refractivity contribution is -0.120. The second kappa shape index (κ2) is 8.00.